The molecule has 0 N–H and O–H groups in total. The molecule has 0 saturated heterocycles. The number of benzene rings is 1. The van der Waals surface area contributed by atoms with E-state index in [1.807, 2.05) is 0 Å². The van der Waals surface area contributed by atoms with Crippen molar-refractivity contribution in [3.8, 4) is 0 Å². The number of para-hydroxylation sites is 1. The lowest BCUT2D eigenvalue weighted by Crippen LogP contribution is -2.40. The average Bonchev–Trinajstić information content (AvgIpc) is 2.36. The molecule has 0 spiro atoms. The standard InChI is InChI=1S/C14H19BrN2O2S/c1-14(2,3)11(8-15)9-17-10-16-12-6-4-5-7-13(12)20(17,18)19/h4-7,10-11H,8-9H2,1-3H3. The van der Waals surface area contributed by atoms with Gasteiger partial charge in [0.2, 0.25) is 0 Å². The Kier molecular flexibility index (Phi) is 4.25. The van der Waals surface area contributed by atoms with E-state index >= 15 is 0 Å². The third-order valence-electron chi connectivity index (χ3n) is 3.59. The van der Waals surface area contributed by atoms with E-state index in [2.05, 4.69) is 41.7 Å². The third-order valence-corrected chi connectivity index (χ3v) is 6.13. The van der Waals surface area contributed by atoms with Gasteiger partial charge in [-0.05, 0) is 23.5 Å². The van der Waals surface area contributed by atoms with Crippen LogP contribution in [-0.2, 0) is 10.0 Å². The summed E-state index contributed by atoms with van der Waals surface area (Å²) in [7, 11) is -3.49. The lowest BCUT2D eigenvalue weighted by Gasteiger charge is -2.34. The Labute approximate surface area is 129 Å². The first-order valence-corrected chi connectivity index (χ1v) is 9.04. The number of aliphatic imine (C=N–C) groups is 1. The van der Waals surface area contributed by atoms with Crippen LogP contribution in [0.2, 0.25) is 0 Å². The van der Waals surface area contributed by atoms with Gasteiger partial charge >= 0.3 is 0 Å². The number of rotatable bonds is 3. The highest BCUT2D eigenvalue weighted by Crippen LogP contribution is 2.33. The molecule has 110 valence electrons. The topological polar surface area (TPSA) is 49.7 Å². The van der Waals surface area contributed by atoms with Crippen LogP contribution in [0.5, 0.6) is 0 Å². The number of sulfonamides is 1. The van der Waals surface area contributed by atoms with Crippen LogP contribution in [-0.4, -0.2) is 30.9 Å². The molecule has 0 amide bonds. The van der Waals surface area contributed by atoms with Crippen LogP contribution in [0.1, 0.15) is 20.8 Å². The van der Waals surface area contributed by atoms with Gasteiger partial charge in [0.25, 0.3) is 10.0 Å². The summed E-state index contributed by atoms with van der Waals surface area (Å²) >= 11 is 3.48. The van der Waals surface area contributed by atoms with Crippen molar-refractivity contribution in [3.63, 3.8) is 0 Å². The summed E-state index contributed by atoms with van der Waals surface area (Å²) in [6.07, 6.45) is 1.43. The molecule has 1 atom stereocenters. The largest absolute Gasteiger partial charge is 0.267 e. The molecule has 0 fully saturated rings. The Hall–Kier alpha value is -0.880. The molecule has 0 saturated carbocycles. The molecule has 6 heteroatoms. The minimum atomic E-state index is -3.49. The maximum atomic E-state index is 12.6. The molecule has 0 radical (unpaired) electrons. The molecule has 2 rings (SSSR count). The normalized spacial score (nSPS) is 18.7. The van der Waals surface area contributed by atoms with Crippen molar-refractivity contribution >= 4 is 38.0 Å². The number of nitrogens with zero attached hydrogens (tertiary/aromatic N) is 2. The number of fused-ring (bicyclic) bond motifs is 1. The highest BCUT2D eigenvalue weighted by atomic mass is 79.9. The zero-order valence-electron chi connectivity index (χ0n) is 11.9. The summed E-state index contributed by atoms with van der Waals surface area (Å²) in [5.41, 5.74) is 0.527. The van der Waals surface area contributed by atoms with Crippen LogP contribution in [0.25, 0.3) is 0 Å². The quantitative estimate of drug-likeness (QED) is 0.777. The highest BCUT2D eigenvalue weighted by Gasteiger charge is 2.33. The summed E-state index contributed by atoms with van der Waals surface area (Å²) < 4.78 is 26.6. The van der Waals surface area contributed by atoms with Crippen LogP contribution >= 0.6 is 15.9 Å². The maximum Gasteiger partial charge on any atom is 0.267 e. The van der Waals surface area contributed by atoms with Crippen molar-refractivity contribution in [1.29, 1.82) is 0 Å². The molecule has 0 bridgehead atoms. The second-order valence-corrected chi connectivity index (χ2v) is 8.51. The highest BCUT2D eigenvalue weighted by molar-refractivity contribution is 9.09. The Morgan fingerprint density at radius 2 is 1.95 bits per heavy atom. The van der Waals surface area contributed by atoms with Crippen molar-refractivity contribution in [2.24, 2.45) is 16.3 Å². The number of halogens is 1. The second kappa shape index (κ2) is 5.48. The van der Waals surface area contributed by atoms with Gasteiger partial charge in [0.05, 0.1) is 5.69 Å². The van der Waals surface area contributed by atoms with Crippen molar-refractivity contribution in [3.05, 3.63) is 24.3 Å². The van der Waals surface area contributed by atoms with Gasteiger partial charge in [-0.3, -0.25) is 4.31 Å². The Morgan fingerprint density at radius 3 is 2.55 bits per heavy atom. The molecule has 1 unspecified atom stereocenters. The van der Waals surface area contributed by atoms with E-state index < -0.39 is 10.0 Å². The first kappa shape index (κ1) is 15.5. The van der Waals surface area contributed by atoms with E-state index in [1.165, 1.54) is 10.6 Å². The average molecular weight is 359 g/mol. The smallest absolute Gasteiger partial charge is 0.256 e. The minimum absolute atomic E-state index is 0.0177. The molecular formula is C14H19BrN2O2S. The minimum Gasteiger partial charge on any atom is -0.256 e. The van der Waals surface area contributed by atoms with Gasteiger partial charge in [0, 0.05) is 11.9 Å². The summed E-state index contributed by atoms with van der Waals surface area (Å²) in [6.45, 7) is 6.76. The number of alkyl halides is 1. The Balaban J connectivity index is 2.33. The van der Waals surface area contributed by atoms with E-state index in [-0.39, 0.29) is 16.2 Å². The van der Waals surface area contributed by atoms with Crippen LogP contribution < -0.4 is 0 Å². The second-order valence-electron chi connectivity index (χ2n) is 6.00. The molecule has 1 aromatic rings. The summed E-state index contributed by atoms with van der Waals surface area (Å²) in [5.74, 6) is 0.203. The van der Waals surface area contributed by atoms with Crippen molar-refractivity contribution in [2.75, 3.05) is 11.9 Å². The molecule has 1 aliphatic rings. The predicted octanol–water partition coefficient (Wildman–Crippen LogP) is 3.41. The SMILES string of the molecule is CC(C)(C)C(CBr)CN1C=Nc2ccccc2S1(=O)=O. The number of hydrogen-bond acceptors (Lipinski definition) is 3. The molecule has 1 aliphatic heterocycles. The van der Waals surface area contributed by atoms with E-state index in [4.69, 9.17) is 0 Å². The van der Waals surface area contributed by atoms with Gasteiger partial charge in [-0.2, -0.15) is 0 Å². The lowest BCUT2D eigenvalue weighted by atomic mass is 9.82. The van der Waals surface area contributed by atoms with Gasteiger partial charge in [0.1, 0.15) is 11.2 Å². The van der Waals surface area contributed by atoms with Crippen LogP contribution in [0.3, 0.4) is 0 Å². The molecule has 1 aromatic carbocycles. The van der Waals surface area contributed by atoms with Gasteiger partial charge in [-0.15, -0.1) is 0 Å². The van der Waals surface area contributed by atoms with E-state index in [1.54, 1.807) is 24.3 Å². The fourth-order valence-electron chi connectivity index (χ4n) is 2.01. The van der Waals surface area contributed by atoms with E-state index in [0.717, 1.165) is 5.33 Å². The molecular weight excluding hydrogens is 340 g/mol. The zero-order valence-corrected chi connectivity index (χ0v) is 14.3. The summed E-state index contributed by atoms with van der Waals surface area (Å²) in [6, 6.07) is 6.83. The first-order valence-electron chi connectivity index (χ1n) is 6.48. The monoisotopic (exact) mass is 358 g/mol. The predicted molar refractivity (Wildman–Crippen MR) is 85.2 cm³/mol. The summed E-state index contributed by atoms with van der Waals surface area (Å²) in [4.78, 5) is 4.53. The van der Waals surface area contributed by atoms with Crippen LogP contribution in [0.15, 0.2) is 34.2 Å². The fraction of sp³-hybridized carbons (Fsp3) is 0.500. The molecule has 20 heavy (non-hydrogen) atoms. The molecule has 1 heterocycles. The van der Waals surface area contributed by atoms with Crippen LogP contribution in [0, 0.1) is 11.3 Å². The maximum absolute atomic E-state index is 12.6. The van der Waals surface area contributed by atoms with Crippen molar-refractivity contribution < 1.29 is 8.42 Å². The summed E-state index contributed by atoms with van der Waals surface area (Å²) in [5, 5.41) is 0.748. The van der Waals surface area contributed by atoms with E-state index in [9.17, 15) is 8.42 Å². The lowest BCUT2D eigenvalue weighted by molar-refractivity contribution is 0.246. The fourth-order valence-corrected chi connectivity index (χ4v) is 4.63. The van der Waals surface area contributed by atoms with Crippen LogP contribution in [0.4, 0.5) is 5.69 Å². The molecule has 0 aromatic heterocycles. The van der Waals surface area contributed by atoms with Crippen molar-refractivity contribution in [1.82, 2.24) is 4.31 Å². The zero-order chi connectivity index (χ0) is 15.0. The first-order chi connectivity index (χ1) is 9.26. The molecule has 0 aliphatic carbocycles. The van der Waals surface area contributed by atoms with Gasteiger partial charge in [0.15, 0.2) is 0 Å². The van der Waals surface area contributed by atoms with Crippen molar-refractivity contribution in [2.45, 2.75) is 25.7 Å². The third kappa shape index (κ3) is 2.91. The molecule has 4 nitrogen and oxygen atoms in total. The van der Waals surface area contributed by atoms with E-state index in [0.29, 0.717) is 12.2 Å². The van der Waals surface area contributed by atoms with Gasteiger partial charge < -0.3 is 0 Å². The Bertz CT molecular complexity index is 620. The van der Waals surface area contributed by atoms with Gasteiger partial charge in [-0.1, -0.05) is 48.8 Å². The van der Waals surface area contributed by atoms with Gasteiger partial charge in [-0.25, -0.2) is 13.4 Å². The number of hydrogen-bond donors (Lipinski definition) is 0. The Morgan fingerprint density at radius 1 is 1.30 bits per heavy atom.